The molecule has 1 aromatic rings. The molecule has 0 radical (unpaired) electrons. The van der Waals surface area contributed by atoms with Crippen LogP contribution in [0.1, 0.15) is 36.7 Å². The van der Waals surface area contributed by atoms with Gasteiger partial charge in [-0.05, 0) is 51.5 Å². The van der Waals surface area contributed by atoms with Crippen molar-refractivity contribution in [2.75, 3.05) is 6.61 Å². The van der Waals surface area contributed by atoms with E-state index in [9.17, 15) is 9.59 Å². The smallest absolute Gasteiger partial charge is 0.267 e. The Labute approximate surface area is 129 Å². The fraction of sp³-hybridized carbons (Fsp3) is 0.467. The quantitative estimate of drug-likeness (QED) is 0.457. The van der Waals surface area contributed by atoms with Gasteiger partial charge in [0.25, 0.3) is 11.8 Å². The second kappa shape index (κ2) is 7.24. The Balaban J connectivity index is 2.95. The standard InChI is InChI=1S/C15H23N3O4/c1-5-22-11-7-6-10(8-9(11)2)13(19)17-12(14(20)18-21)15(3,4)16/h6-8,12,21H,5,16H2,1-4H3,(H,17,19)(H,18,20). The molecule has 0 aromatic heterocycles. The van der Waals surface area contributed by atoms with Gasteiger partial charge in [0.05, 0.1) is 6.61 Å². The number of nitrogens with one attached hydrogen (secondary N) is 2. The Morgan fingerprint density at radius 1 is 1.41 bits per heavy atom. The van der Waals surface area contributed by atoms with Crippen molar-refractivity contribution in [3.63, 3.8) is 0 Å². The molecule has 22 heavy (non-hydrogen) atoms. The van der Waals surface area contributed by atoms with Gasteiger partial charge < -0.3 is 15.8 Å². The first-order valence-corrected chi connectivity index (χ1v) is 6.97. The summed E-state index contributed by atoms with van der Waals surface area (Å²) in [5.41, 5.74) is 7.53. The number of carbonyl (C=O) groups excluding carboxylic acids is 2. The molecule has 1 aromatic carbocycles. The maximum absolute atomic E-state index is 12.3. The average molecular weight is 309 g/mol. The lowest BCUT2D eigenvalue weighted by Crippen LogP contribution is -2.61. The molecule has 122 valence electrons. The number of nitrogens with two attached hydrogens (primary N) is 1. The van der Waals surface area contributed by atoms with Gasteiger partial charge in [0.2, 0.25) is 0 Å². The predicted octanol–water partition coefficient (Wildman–Crippen LogP) is 0.735. The molecule has 0 aliphatic heterocycles. The molecular formula is C15H23N3O4. The number of aryl methyl sites for hydroxylation is 1. The van der Waals surface area contributed by atoms with E-state index in [-0.39, 0.29) is 0 Å². The van der Waals surface area contributed by atoms with Crippen LogP contribution in [0.4, 0.5) is 0 Å². The summed E-state index contributed by atoms with van der Waals surface area (Å²) in [4.78, 5) is 23.9. The fourth-order valence-corrected chi connectivity index (χ4v) is 1.98. The molecule has 1 rings (SSSR count). The highest BCUT2D eigenvalue weighted by molar-refractivity contribution is 5.98. The van der Waals surface area contributed by atoms with Gasteiger partial charge in [-0.15, -0.1) is 0 Å². The zero-order valence-corrected chi connectivity index (χ0v) is 13.3. The fourth-order valence-electron chi connectivity index (χ4n) is 1.98. The molecule has 1 atom stereocenters. The number of hydroxylamine groups is 1. The van der Waals surface area contributed by atoms with Crippen LogP contribution in [0.5, 0.6) is 5.75 Å². The summed E-state index contributed by atoms with van der Waals surface area (Å²) < 4.78 is 5.41. The molecule has 2 amide bonds. The Morgan fingerprint density at radius 2 is 2.05 bits per heavy atom. The SMILES string of the molecule is CCOc1ccc(C(=O)NC(C(=O)NO)C(C)(C)N)cc1C. The lowest BCUT2D eigenvalue weighted by atomic mass is 9.95. The summed E-state index contributed by atoms with van der Waals surface area (Å²) in [5.74, 6) is -0.537. The third-order valence-corrected chi connectivity index (χ3v) is 3.13. The van der Waals surface area contributed by atoms with Crippen LogP contribution in [0.25, 0.3) is 0 Å². The van der Waals surface area contributed by atoms with E-state index in [1.54, 1.807) is 32.0 Å². The molecule has 7 heteroatoms. The molecule has 0 heterocycles. The number of rotatable bonds is 6. The van der Waals surface area contributed by atoms with Crippen LogP contribution >= 0.6 is 0 Å². The Hall–Kier alpha value is -2.12. The second-order valence-electron chi connectivity index (χ2n) is 5.62. The average Bonchev–Trinajstić information content (AvgIpc) is 2.44. The van der Waals surface area contributed by atoms with Crippen LogP contribution in [0.15, 0.2) is 18.2 Å². The van der Waals surface area contributed by atoms with Gasteiger partial charge in [0.15, 0.2) is 0 Å². The van der Waals surface area contributed by atoms with Crippen molar-refractivity contribution in [3.8, 4) is 5.75 Å². The van der Waals surface area contributed by atoms with Crippen LogP contribution in [0, 0.1) is 6.92 Å². The van der Waals surface area contributed by atoms with Crippen molar-refractivity contribution in [3.05, 3.63) is 29.3 Å². The van der Waals surface area contributed by atoms with Crippen molar-refractivity contribution >= 4 is 11.8 Å². The van der Waals surface area contributed by atoms with Crippen LogP contribution < -0.4 is 21.3 Å². The van der Waals surface area contributed by atoms with E-state index in [1.165, 1.54) is 5.48 Å². The first-order valence-electron chi connectivity index (χ1n) is 6.97. The third kappa shape index (κ3) is 4.44. The first kappa shape index (κ1) is 17.9. The molecule has 0 spiro atoms. The molecule has 7 nitrogen and oxygen atoms in total. The minimum absolute atomic E-state index is 0.376. The van der Waals surface area contributed by atoms with E-state index in [4.69, 9.17) is 15.7 Å². The van der Waals surface area contributed by atoms with Gasteiger partial charge >= 0.3 is 0 Å². The Bertz CT molecular complexity index is 552. The van der Waals surface area contributed by atoms with Crippen molar-refractivity contribution in [1.82, 2.24) is 10.8 Å². The van der Waals surface area contributed by atoms with E-state index in [1.807, 2.05) is 13.8 Å². The van der Waals surface area contributed by atoms with E-state index in [2.05, 4.69) is 5.32 Å². The molecular weight excluding hydrogens is 286 g/mol. The summed E-state index contributed by atoms with van der Waals surface area (Å²) in [6.45, 7) is 7.40. The van der Waals surface area contributed by atoms with E-state index in [0.717, 1.165) is 5.56 Å². The van der Waals surface area contributed by atoms with E-state index >= 15 is 0 Å². The molecule has 0 aliphatic carbocycles. The number of benzene rings is 1. The summed E-state index contributed by atoms with van der Waals surface area (Å²) in [6, 6.07) is 3.89. The van der Waals surface area contributed by atoms with Gasteiger partial charge in [-0.2, -0.15) is 0 Å². The number of ether oxygens (including phenoxy) is 1. The normalized spacial score (nSPS) is 12.5. The second-order valence-corrected chi connectivity index (χ2v) is 5.62. The van der Waals surface area contributed by atoms with Crippen LogP contribution in [0.2, 0.25) is 0 Å². The minimum Gasteiger partial charge on any atom is -0.494 e. The maximum atomic E-state index is 12.3. The zero-order valence-electron chi connectivity index (χ0n) is 13.3. The highest BCUT2D eigenvalue weighted by Gasteiger charge is 2.33. The summed E-state index contributed by atoms with van der Waals surface area (Å²) in [6.07, 6.45) is 0. The number of amides is 2. The number of carbonyl (C=O) groups is 2. The Morgan fingerprint density at radius 3 is 2.50 bits per heavy atom. The summed E-state index contributed by atoms with van der Waals surface area (Å²) in [7, 11) is 0. The Kier molecular flexibility index (Phi) is 5.90. The molecule has 0 fully saturated rings. The topological polar surface area (TPSA) is 114 Å². The van der Waals surface area contributed by atoms with E-state index in [0.29, 0.717) is 17.9 Å². The number of hydrogen-bond acceptors (Lipinski definition) is 5. The monoisotopic (exact) mass is 309 g/mol. The lowest BCUT2D eigenvalue weighted by Gasteiger charge is -2.29. The molecule has 1 unspecified atom stereocenters. The highest BCUT2D eigenvalue weighted by Crippen LogP contribution is 2.19. The summed E-state index contributed by atoms with van der Waals surface area (Å²) in [5, 5.41) is 11.3. The van der Waals surface area contributed by atoms with Crippen molar-refractivity contribution in [1.29, 1.82) is 0 Å². The van der Waals surface area contributed by atoms with Crippen LogP contribution in [0.3, 0.4) is 0 Å². The summed E-state index contributed by atoms with van der Waals surface area (Å²) >= 11 is 0. The van der Waals surface area contributed by atoms with Crippen LogP contribution in [-0.4, -0.2) is 35.2 Å². The number of hydrogen-bond donors (Lipinski definition) is 4. The van der Waals surface area contributed by atoms with Crippen molar-refractivity contribution in [2.45, 2.75) is 39.3 Å². The zero-order chi connectivity index (χ0) is 16.9. The molecule has 5 N–H and O–H groups in total. The van der Waals surface area contributed by atoms with Crippen molar-refractivity contribution in [2.24, 2.45) is 5.73 Å². The molecule has 0 bridgehead atoms. The third-order valence-electron chi connectivity index (χ3n) is 3.13. The van der Waals surface area contributed by atoms with E-state index < -0.39 is 23.4 Å². The highest BCUT2D eigenvalue weighted by atomic mass is 16.5. The van der Waals surface area contributed by atoms with Gasteiger partial charge in [-0.3, -0.25) is 14.8 Å². The van der Waals surface area contributed by atoms with Gasteiger partial charge in [0.1, 0.15) is 11.8 Å². The maximum Gasteiger partial charge on any atom is 0.267 e. The first-order chi connectivity index (χ1) is 10.2. The van der Waals surface area contributed by atoms with Crippen LogP contribution in [-0.2, 0) is 4.79 Å². The molecule has 0 aliphatic rings. The molecule has 0 saturated carbocycles. The predicted molar refractivity (Wildman–Crippen MR) is 81.8 cm³/mol. The molecule has 0 saturated heterocycles. The van der Waals surface area contributed by atoms with Gasteiger partial charge in [-0.1, -0.05) is 0 Å². The van der Waals surface area contributed by atoms with Gasteiger partial charge in [-0.25, -0.2) is 5.48 Å². The van der Waals surface area contributed by atoms with Crippen molar-refractivity contribution < 1.29 is 19.5 Å². The minimum atomic E-state index is -1.07. The largest absolute Gasteiger partial charge is 0.494 e. The lowest BCUT2D eigenvalue weighted by molar-refractivity contribution is -0.132. The van der Waals surface area contributed by atoms with Gasteiger partial charge in [0, 0.05) is 11.1 Å².